The van der Waals surface area contributed by atoms with Crippen molar-refractivity contribution >= 4 is 21.8 Å². The smallest absolute Gasteiger partial charge is 0.257 e. The van der Waals surface area contributed by atoms with E-state index in [4.69, 9.17) is 9.47 Å². The highest BCUT2D eigenvalue weighted by atomic mass is 79.9. The van der Waals surface area contributed by atoms with Crippen LogP contribution in [0.25, 0.3) is 0 Å². The van der Waals surface area contributed by atoms with E-state index in [-0.39, 0.29) is 11.0 Å². The van der Waals surface area contributed by atoms with Crippen molar-refractivity contribution in [2.24, 2.45) is 0 Å². The maximum Gasteiger partial charge on any atom is 0.257 e. The molecule has 0 saturated carbocycles. The monoisotopic (exact) mass is 351 g/mol. The molecule has 0 saturated heterocycles. The zero-order valence-electron chi connectivity index (χ0n) is 11.2. The fourth-order valence-corrected chi connectivity index (χ4v) is 1.96. The van der Waals surface area contributed by atoms with Gasteiger partial charge in [-0.25, -0.2) is 8.78 Å². The van der Waals surface area contributed by atoms with Gasteiger partial charge in [0.05, 0.1) is 6.54 Å². The minimum absolute atomic E-state index is 0.00938. The zero-order valence-corrected chi connectivity index (χ0v) is 12.8. The Morgan fingerprint density at radius 3 is 2.20 bits per heavy atom. The Kier molecular flexibility index (Phi) is 7.04. The lowest BCUT2D eigenvalue weighted by atomic mass is 10.2. The summed E-state index contributed by atoms with van der Waals surface area (Å²) >= 11 is 2.95. The minimum atomic E-state index is -0.932. The van der Waals surface area contributed by atoms with Gasteiger partial charge in [0.25, 0.3) is 5.91 Å². The SMILES string of the molecule is CCOC(CNC(=O)c1c(F)cc(Br)cc1F)OCC. The second-order valence-corrected chi connectivity index (χ2v) is 4.71. The molecule has 7 heteroatoms. The standard InChI is InChI=1S/C13H16BrF2NO3/c1-3-19-11(20-4-2)7-17-13(18)12-9(15)5-8(14)6-10(12)16/h5-6,11H,3-4,7H2,1-2H3,(H,17,18). The van der Waals surface area contributed by atoms with Crippen LogP contribution in [0.15, 0.2) is 16.6 Å². The summed E-state index contributed by atoms with van der Waals surface area (Å²) in [4.78, 5) is 11.8. The van der Waals surface area contributed by atoms with Crippen molar-refractivity contribution in [3.8, 4) is 0 Å². The Balaban J connectivity index is 2.71. The first-order chi connectivity index (χ1) is 9.49. The molecular formula is C13H16BrF2NO3. The maximum atomic E-state index is 13.6. The normalized spacial score (nSPS) is 10.9. The number of hydrogen-bond donors (Lipinski definition) is 1. The van der Waals surface area contributed by atoms with Crippen LogP contribution in [0.3, 0.4) is 0 Å². The van der Waals surface area contributed by atoms with Crippen LogP contribution < -0.4 is 5.32 Å². The summed E-state index contributed by atoms with van der Waals surface area (Å²) in [6.07, 6.45) is -0.643. The lowest BCUT2D eigenvalue weighted by Gasteiger charge is -2.17. The highest BCUT2D eigenvalue weighted by Gasteiger charge is 2.19. The molecule has 1 aromatic carbocycles. The average molecular weight is 352 g/mol. The first-order valence-electron chi connectivity index (χ1n) is 6.15. The fraction of sp³-hybridized carbons (Fsp3) is 0.462. The van der Waals surface area contributed by atoms with Crippen molar-refractivity contribution in [2.45, 2.75) is 20.1 Å². The summed E-state index contributed by atoms with van der Waals surface area (Å²) in [6.45, 7) is 4.38. The number of rotatable bonds is 7. The van der Waals surface area contributed by atoms with Gasteiger partial charge in [0.15, 0.2) is 6.29 Å². The molecule has 20 heavy (non-hydrogen) atoms. The first kappa shape index (κ1) is 17.0. The van der Waals surface area contributed by atoms with Crippen LogP contribution in [0.1, 0.15) is 24.2 Å². The lowest BCUT2D eigenvalue weighted by Crippen LogP contribution is -2.36. The summed E-state index contributed by atoms with van der Waals surface area (Å²) in [5.41, 5.74) is -0.625. The molecule has 0 atom stereocenters. The van der Waals surface area contributed by atoms with Crippen molar-refractivity contribution in [3.63, 3.8) is 0 Å². The van der Waals surface area contributed by atoms with Gasteiger partial charge in [0, 0.05) is 17.7 Å². The molecule has 0 unspecified atom stereocenters. The second-order valence-electron chi connectivity index (χ2n) is 3.79. The molecule has 0 aromatic heterocycles. The van der Waals surface area contributed by atoms with E-state index in [9.17, 15) is 13.6 Å². The maximum absolute atomic E-state index is 13.6. The lowest BCUT2D eigenvalue weighted by molar-refractivity contribution is -0.131. The number of nitrogens with one attached hydrogen (secondary N) is 1. The Labute approximate surface area is 124 Å². The third-order valence-corrected chi connectivity index (χ3v) is 2.83. The van der Waals surface area contributed by atoms with Crippen LogP contribution in [0, 0.1) is 11.6 Å². The average Bonchev–Trinajstić information content (AvgIpc) is 2.35. The van der Waals surface area contributed by atoms with E-state index in [1.165, 1.54) is 0 Å². The molecule has 0 aliphatic carbocycles. The van der Waals surface area contributed by atoms with Crippen LogP contribution in [-0.4, -0.2) is 32.0 Å². The summed E-state index contributed by atoms with van der Waals surface area (Å²) in [5, 5.41) is 2.39. The minimum Gasteiger partial charge on any atom is -0.351 e. The molecule has 1 amide bonds. The molecule has 0 radical (unpaired) electrons. The Bertz CT molecular complexity index is 442. The van der Waals surface area contributed by atoms with Crippen LogP contribution in [0.2, 0.25) is 0 Å². The molecule has 4 nitrogen and oxygen atoms in total. The van der Waals surface area contributed by atoms with Gasteiger partial charge in [-0.05, 0) is 26.0 Å². The molecule has 0 heterocycles. The molecule has 0 spiro atoms. The van der Waals surface area contributed by atoms with Crippen LogP contribution in [-0.2, 0) is 9.47 Å². The third kappa shape index (κ3) is 4.81. The molecular weight excluding hydrogens is 336 g/mol. The molecule has 0 fully saturated rings. The quantitative estimate of drug-likeness (QED) is 0.768. The number of carbonyl (C=O) groups excluding carboxylic acids is 1. The van der Waals surface area contributed by atoms with E-state index in [0.29, 0.717) is 13.2 Å². The Hall–Kier alpha value is -1.05. The fourth-order valence-electron chi connectivity index (χ4n) is 1.56. The molecule has 0 aliphatic heterocycles. The number of ether oxygens (including phenoxy) is 2. The summed E-state index contributed by atoms with van der Waals surface area (Å²) in [5.74, 6) is -2.71. The number of amides is 1. The number of hydrogen-bond acceptors (Lipinski definition) is 3. The number of carbonyl (C=O) groups is 1. The van der Waals surface area contributed by atoms with Gasteiger partial charge in [-0.2, -0.15) is 0 Å². The van der Waals surface area contributed by atoms with Gasteiger partial charge in [0.1, 0.15) is 17.2 Å². The predicted octanol–water partition coefficient (Wildman–Crippen LogP) is 2.86. The van der Waals surface area contributed by atoms with Crippen LogP contribution in [0.4, 0.5) is 8.78 Å². The molecule has 1 N–H and O–H groups in total. The van der Waals surface area contributed by atoms with E-state index < -0.39 is 29.4 Å². The van der Waals surface area contributed by atoms with Gasteiger partial charge in [-0.3, -0.25) is 4.79 Å². The van der Waals surface area contributed by atoms with E-state index in [1.807, 2.05) is 0 Å². The molecule has 112 valence electrons. The molecule has 1 aromatic rings. The van der Waals surface area contributed by atoms with Gasteiger partial charge in [-0.15, -0.1) is 0 Å². The van der Waals surface area contributed by atoms with Gasteiger partial charge < -0.3 is 14.8 Å². The second kappa shape index (κ2) is 8.28. The highest BCUT2D eigenvalue weighted by Crippen LogP contribution is 2.19. The van der Waals surface area contributed by atoms with Crippen LogP contribution in [0.5, 0.6) is 0 Å². The molecule has 0 bridgehead atoms. The van der Waals surface area contributed by atoms with Crippen molar-refractivity contribution in [1.82, 2.24) is 5.32 Å². The third-order valence-electron chi connectivity index (χ3n) is 2.37. The van der Waals surface area contributed by atoms with Crippen molar-refractivity contribution in [3.05, 3.63) is 33.8 Å². The topological polar surface area (TPSA) is 47.6 Å². The molecule has 1 rings (SSSR count). The largest absolute Gasteiger partial charge is 0.351 e. The summed E-state index contributed by atoms with van der Waals surface area (Å²) in [7, 11) is 0. The number of halogens is 3. The van der Waals surface area contributed by atoms with Crippen molar-refractivity contribution < 1.29 is 23.0 Å². The van der Waals surface area contributed by atoms with Gasteiger partial charge in [0.2, 0.25) is 0 Å². The Morgan fingerprint density at radius 2 is 1.75 bits per heavy atom. The zero-order chi connectivity index (χ0) is 15.1. The Morgan fingerprint density at radius 1 is 1.25 bits per heavy atom. The highest BCUT2D eigenvalue weighted by molar-refractivity contribution is 9.10. The first-order valence-corrected chi connectivity index (χ1v) is 6.94. The number of benzene rings is 1. The van der Waals surface area contributed by atoms with Crippen molar-refractivity contribution in [2.75, 3.05) is 19.8 Å². The van der Waals surface area contributed by atoms with E-state index >= 15 is 0 Å². The van der Waals surface area contributed by atoms with Gasteiger partial charge in [-0.1, -0.05) is 15.9 Å². The van der Waals surface area contributed by atoms with E-state index in [1.54, 1.807) is 13.8 Å². The summed E-state index contributed by atoms with van der Waals surface area (Å²) in [6, 6.07) is 2.06. The van der Waals surface area contributed by atoms with Crippen molar-refractivity contribution in [1.29, 1.82) is 0 Å². The predicted molar refractivity (Wildman–Crippen MR) is 73.4 cm³/mol. The van der Waals surface area contributed by atoms with Gasteiger partial charge >= 0.3 is 0 Å². The molecule has 0 aliphatic rings. The summed E-state index contributed by atoms with van der Waals surface area (Å²) < 4.78 is 37.8. The van der Waals surface area contributed by atoms with E-state index in [0.717, 1.165) is 12.1 Å². The van der Waals surface area contributed by atoms with Crippen LogP contribution >= 0.6 is 15.9 Å². The van der Waals surface area contributed by atoms with E-state index in [2.05, 4.69) is 21.2 Å².